The summed E-state index contributed by atoms with van der Waals surface area (Å²) in [4.78, 5) is 15.5. The maximum Gasteiger partial charge on any atom is 0.157 e. The SMILES string of the molecule is CC1CCN([C@@]2(c3ccccc3)CCCCC2=O)CC1C. The van der Waals surface area contributed by atoms with E-state index >= 15 is 0 Å². The van der Waals surface area contributed by atoms with Crippen molar-refractivity contribution in [3.8, 4) is 0 Å². The Labute approximate surface area is 128 Å². The number of piperidine rings is 1. The van der Waals surface area contributed by atoms with Crippen LogP contribution < -0.4 is 0 Å². The largest absolute Gasteiger partial charge is 0.297 e. The highest BCUT2D eigenvalue weighted by atomic mass is 16.1. The van der Waals surface area contributed by atoms with Gasteiger partial charge in [-0.2, -0.15) is 0 Å². The van der Waals surface area contributed by atoms with E-state index in [2.05, 4.69) is 43.0 Å². The van der Waals surface area contributed by atoms with Gasteiger partial charge in [0.1, 0.15) is 5.54 Å². The van der Waals surface area contributed by atoms with Crippen LogP contribution >= 0.6 is 0 Å². The summed E-state index contributed by atoms with van der Waals surface area (Å²) in [5.74, 6) is 1.89. The number of hydrogen-bond acceptors (Lipinski definition) is 2. The van der Waals surface area contributed by atoms with Gasteiger partial charge in [0, 0.05) is 13.0 Å². The maximum atomic E-state index is 13.0. The summed E-state index contributed by atoms with van der Waals surface area (Å²) in [6, 6.07) is 10.5. The molecule has 21 heavy (non-hydrogen) atoms. The summed E-state index contributed by atoms with van der Waals surface area (Å²) in [6.07, 6.45) is 5.18. The molecule has 0 amide bonds. The molecule has 3 atom stereocenters. The van der Waals surface area contributed by atoms with Crippen molar-refractivity contribution in [1.29, 1.82) is 0 Å². The van der Waals surface area contributed by atoms with Crippen LogP contribution in [0.4, 0.5) is 0 Å². The van der Waals surface area contributed by atoms with Gasteiger partial charge in [-0.15, -0.1) is 0 Å². The molecule has 2 heteroatoms. The van der Waals surface area contributed by atoms with Crippen molar-refractivity contribution in [3.05, 3.63) is 35.9 Å². The average Bonchev–Trinajstić information content (AvgIpc) is 2.52. The van der Waals surface area contributed by atoms with Gasteiger partial charge in [0.25, 0.3) is 0 Å². The Kier molecular flexibility index (Phi) is 4.17. The lowest BCUT2D eigenvalue weighted by atomic mass is 9.72. The molecule has 1 aliphatic heterocycles. The van der Waals surface area contributed by atoms with E-state index < -0.39 is 0 Å². The van der Waals surface area contributed by atoms with Crippen molar-refractivity contribution < 1.29 is 4.79 Å². The minimum atomic E-state index is -0.339. The van der Waals surface area contributed by atoms with Gasteiger partial charge in [0.2, 0.25) is 0 Å². The van der Waals surface area contributed by atoms with Crippen molar-refractivity contribution in [2.24, 2.45) is 11.8 Å². The Morgan fingerprint density at radius 1 is 1.10 bits per heavy atom. The summed E-state index contributed by atoms with van der Waals surface area (Å²) in [5.41, 5.74) is 0.880. The van der Waals surface area contributed by atoms with Crippen LogP contribution in [0.2, 0.25) is 0 Å². The molecule has 0 N–H and O–H groups in total. The first-order chi connectivity index (χ1) is 10.1. The molecule has 1 saturated heterocycles. The molecule has 0 bridgehead atoms. The molecule has 2 fully saturated rings. The molecule has 1 aromatic rings. The van der Waals surface area contributed by atoms with Crippen molar-refractivity contribution in [1.82, 2.24) is 4.90 Å². The smallest absolute Gasteiger partial charge is 0.157 e. The first-order valence-electron chi connectivity index (χ1n) is 8.48. The minimum Gasteiger partial charge on any atom is -0.297 e. The van der Waals surface area contributed by atoms with Gasteiger partial charge in [0.15, 0.2) is 5.78 Å². The van der Waals surface area contributed by atoms with Crippen molar-refractivity contribution in [2.45, 2.75) is 51.5 Å². The van der Waals surface area contributed by atoms with E-state index in [4.69, 9.17) is 0 Å². The third kappa shape index (κ3) is 2.55. The van der Waals surface area contributed by atoms with E-state index in [1.807, 2.05) is 6.07 Å². The molecule has 2 nitrogen and oxygen atoms in total. The van der Waals surface area contributed by atoms with Crippen LogP contribution in [-0.4, -0.2) is 23.8 Å². The van der Waals surface area contributed by atoms with E-state index in [1.54, 1.807) is 0 Å². The number of carbonyl (C=O) groups is 1. The lowest BCUT2D eigenvalue weighted by molar-refractivity contribution is -0.137. The fourth-order valence-electron chi connectivity index (χ4n) is 4.16. The van der Waals surface area contributed by atoms with Gasteiger partial charge in [-0.3, -0.25) is 9.69 Å². The highest BCUT2D eigenvalue weighted by Crippen LogP contribution is 2.42. The number of nitrogens with zero attached hydrogens (tertiary/aromatic N) is 1. The number of ketones is 1. The van der Waals surface area contributed by atoms with Crippen LogP contribution in [0.15, 0.2) is 30.3 Å². The predicted molar refractivity (Wildman–Crippen MR) is 86.1 cm³/mol. The van der Waals surface area contributed by atoms with Gasteiger partial charge in [0.05, 0.1) is 0 Å². The van der Waals surface area contributed by atoms with E-state index in [0.29, 0.717) is 11.7 Å². The van der Waals surface area contributed by atoms with Gasteiger partial charge >= 0.3 is 0 Å². The topological polar surface area (TPSA) is 20.3 Å². The van der Waals surface area contributed by atoms with Crippen LogP contribution in [0.5, 0.6) is 0 Å². The summed E-state index contributed by atoms with van der Waals surface area (Å²) in [6.45, 7) is 6.80. The molecule has 0 radical (unpaired) electrons. The molecule has 1 aromatic carbocycles. The monoisotopic (exact) mass is 285 g/mol. The van der Waals surface area contributed by atoms with E-state index in [1.165, 1.54) is 18.4 Å². The quantitative estimate of drug-likeness (QED) is 0.818. The zero-order valence-electron chi connectivity index (χ0n) is 13.3. The summed E-state index contributed by atoms with van der Waals surface area (Å²) in [5, 5.41) is 0. The normalized spacial score (nSPS) is 34.9. The predicted octanol–water partition coefficient (Wildman–Crippen LogP) is 4.00. The molecular weight excluding hydrogens is 258 g/mol. The molecule has 1 heterocycles. The molecule has 3 rings (SSSR count). The number of rotatable bonds is 2. The Hall–Kier alpha value is -1.15. The van der Waals surface area contributed by atoms with E-state index in [9.17, 15) is 4.79 Å². The molecular formula is C19H27NO. The average molecular weight is 285 g/mol. The van der Waals surface area contributed by atoms with Crippen LogP contribution in [0.25, 0.3) is 0 Å². The number of likely N-dealkylation sites (tertiary alicyclic amines) is 1. The Balaban J connectivity index is 1.99. The lowest BCUT2D eigenvalue weighted by Gasteiger charge is -2.49. The second-order valence-corrected chi connectivity index (χ2v) is 7.05. The third-order valence-corrected chi connectivity index (χ3v) is 5.78. The zero-order valence-corrected chi connectivity index (χ0v) is 13.3. The Bertz CT molecular complexity index is 498. The second-order valence-electron chi connectivity index (χ2n) is 7.05. The molecule has 2 unspecified atom stereocenters. The molecule has 0 spiro atoms. The highest BCUT2D eigenvalue weighted by Gasteiger charge is 2.47. The standard InChI is InChI=1S/C19H27NO/c1-15-11-13-20(14-16(15)2)19(12-7-6-10-18(19)21)17-8-4-3-5-9-17/h3-5,8-9,15-16H,6-7,10-14H2,1-2H3/t15?,16?,19-/m1/s1. The number of benzene rings is 1. The maximum absolute atomic E-state index is 13.0. The molecule has 114 valence electrons. The highest BCUT2D eigenvalue weighted by molar-refractivity contribution is 5.90. The molecule has 1 saturated carbocycles. The fraction of sp³-hybridized carbons (Fsp3) is 0.632. The van der Waals surface area contributed by atoms with Gasteiger partial charge in [-0.25, -0.2) is 0 Å². The van der Waals surface area contributed by atoms with Crippen LogP contribution in [-0.2, 0) is 10.3 Å². The van der Waals surface area contributed by atoms with E-state index in [-0.39, 0.29) is 5.54 Å². The fourth-order valence-corrected chi connectivity index (χ4v) is 4.16. The summed E-state index contributed by atoms with van der Waals surface area (Å²) in [7, 11) is 0. The lowest BCUT2D eigenvalue weighted by Crippen LogP contribution is -2.57. The van der Waals surface area contributed by atoms with E-state index in [0.717, 1.165) is 38.3 Å². The van der Waals surface area contributed by atoms with Crippen LogP contribution in [0, 0.1) is 11.8 Å². The molecule has 2 aliphatic rings. The summed E-state index contributed by atoms with van der Waals surface area (Å²) < 4.78 is 0. The van der Waals surface area contributed by atoms with Crippen molar-refractivity contribution in [3.63, 3.8) is 0 Å². The van der Waals surface area contributed by atoms with Gasteiger partial charge in [-0.05, 0) is 43.2 Å². The number of carbonyl (C=O) groups excluding carboxylic acids is 1. The van der Waals surface area contributed by atoms with Crippen molar-refractivity contribution >= 4 is 5.78 Å². The van der Waals surface area contributed by atoms with Gasteiger partial charge < -0.3 is 0 Å². The second kappa shape index (κ2) is 5.92. The summed E-state index contributed by atoms with van der Waals surface area (Å²) >= 11 is 0. The number of hydrogen-bond donors (Lipinski definition) is 0. The minimum absolute atomic E-state index is 0.339. The van der Waals surface area contributed by atoms with Crippen LogP contribution in [0.3, 0.4) is 0 Å². The molecule has 1 aliphatic carbocycles. The van der Waals surface area contributed by atoms with Crippen molar-refractivity contribution in [2.75, 3.05) is 13.1 Å². The number of Topliss-reactive ketones (excluding diaryl/α,β-unsaturated/α-hetero) is 1. The van der Waals surface area contributed by atoms with Crippen LogP contribution in [0.1, 0.15) is 51.5 Å². The zero-order chi connectivity index (χ0) is 14.9. The third-order valence-electron chi connectivity index (χ3n) is 5.78. The van der Waals surface area contributed by atoms with Gasteiger partial charge in [-0.1, -0.05) is 50.6 Å². The Morgan fingerprint density at radius 2 is 1.86 bits per heavy atom. The Morgan fingerprint density at radius 3 is 2.52 bits per heavy atom. The first kappa shape index (κ1) is 14.8. The molecule has 0 aromatic heterocycles. The first-order valence-corrected chi connectivity index (χ1v) is 8.48.